The Kier molecular flexibility index (Phi) is 4.80. The highest BCUT2D eigenvalue weighted by molar-refractivity contribution is 5.90. The Bertz CT molecular complexity index is 787. The van der Waals surface area contributed by atoms with Crippen molar-refractivity contribution < 1.29 is 18.7 Å². The van der Waals surface area contributed by atoms with Crippen molar-refractivity contribution >= 4 is 5.91 Å². The van der Waals surface area contributed by atoms with Gasteiger partial charge in [0.15, 0.2) is 5.82 Å². The SMILES string of the molecule is Cn1nc(C(=O)NCC2(Cc3ccc(F)cc3F)CCC2)nc1CO. The molecule has 1 aliphatic rings. The van der Waals surface area contributed by atoms with E-state index in [9.17, 15) is 13.6 Å². The smallest absolute Gasteiger partial charge is 0.290 e. The van der Waals surface area contributed by atoms with E-state index in [2.05, 4.69) is 15.4 Å². The van der Waals surface area contributed by atoms with Gasteiger partial charge >= 0.3 is 0 Å². The third-order valence-corrected chi connectivity index (χ3v) is 4.82. The van der Waals surface area contributed by atoms with Gasteiger partial charge in [0, 0.05) is 19.7 Å². The fourth-order valence-electron chi connectivity index (χ4n) is 3.16. The molecule has 6 nitrogen and oxygen atoms in total. The van der Waals surface area contributed by atoms with Crippen LogP contribution in [0.25, 0.3) is 0 Å². The maximum absolute atomic E-state index is 13.9. The summed E-state index contributed by atoms with van der Waals surface area (Å²) < 4.78 is 28.3. The summed E-state index contributed by atoms with van der Waals surface area (Å²) in [5, 5.41) is 15.9. The van der Waals surface area contributed by atoms with Crippen molar-refractivity contribution in [3.05, 3.63) is 47.0 Å². The lowest BCUT2D eigenvalue weighted by Gasteiger charge is -2.42. The number of carbonyl (C=O) groups is 1. The second kappa shape index (κ2) is 6.87. The van der Waals surface area contributed by atoms with Gasteiger partial charge in [-0.25, -0.2) is 13.8 Å². The van der Waals surface area contributed by atoms with E-state index in [-0.39, 0.29) is 17.8 Å². The van der Waals surface area contributed by atoms with Gasteiger partial charge in [-0.1, -0.05) is 12.5 Å². The molecule has 1 fully saturated rings. The zero-order chi connectivity index (χ0) is 18.0. The lowest BCUT2D eigenvalue weighted by Crippen LogP contribution is -2.44. The molecule has 25 heavy (non-hydrogen) atoms. The molecule has 1 heterocycles. The first-order chi connectivity index (χ1) is 11.9. The number of halogens is 2. The van der Waals surface area contributed by atoms with Crippen LogP contribution in [0.4, 0.5) is 8.78 Å². The van der Waals surface area contributed by atoms with E-state index in [1.807, 2.05) is 0 Å². The second-order valence-corrected chi connectivity index (χ2v) is 6.58. The average Bonchev–Trinajstić information content (AvgIpc) is 2.92. The lowest BCUT2D eigenvalue weighted by atomic mass is 9.65. The number of aromatic nitrogens is 3. The summed E-state index contributed by atoms with van der Waals surface area (Å²) in [5.74, 6) is -1.29. The van der Waals surface area contributed by atoms with Gasteiger partial charge in [-0.2, -0.15) is 0 Å². The largest absolute Gasteiger partial charge is 0.388 e. The predicted octanol–water partition coefficient (Wildman–Crippen LogP) is 1.73. The molecule has 1 aliphatic carbocycles. The van der Waals surface area contributed by atoms with Gasteiger partial charge in [-0.3, -0.25) is 9.48 Å². The van der Waals surface area contributed by atoms with Gasteiger partial charge in [-0.05, 0) is 36.3 Å². The molecule has 1 aromatic carbocycles. The Morgan fingerprint density at radius 1 is 1.40 bits per heavy atom. The molecular weight excluding hydrogens is 330 g/mol. The van der Waals surface area contributed by atoms with Crippen molar-refractivity contribution in [2.45, 2.75) is 32.3 Å². The van der Waals surface area contributed by atoms with Crippen molar-refractivity contribution in [3.63, 3.8) is 0 Å². The number of aliphatic hydroxyl groups excluding tert-OH is 1. The van der Waals surface area contributed by atoms with Crippen LogP contribution in [-0.4, -0.2) is 32.3 Å². The topological polar surface area (TPSA) is 80.0 Å². The first-order valence-electron chi connectivity index (χ1n) is 8.15. The van der Waals surface area contributed by atoms with Gasteiger partial charge < -0.3 is 10.4 Å². The zero-order valence-corrected chi connectivity index (χ0v) is 13.9. The molecule has 0 aliphatic heterocycles. The number of amides is 1. The van der Waals surface area contributed by atoms with Crippen LogP contribution < -0.4 is 5.32 Å². The van der Waals surface area contributed by atoms with Crippen LogP contribution in [0.3, 0.4) is 0 Å². The second-order valence-electron chi connectivity index (χ2n) is 6.58. The number of rotatable bonds is 6. The molecule has 0 radical (unpaired) electrons. The van der Waals surface area contributed by atoms with E-state index in [4.69, 9.17) is 5.11 Å². The summed E-state index contributed by atoms with van der Waals surface area (Å²) >= 11 is 0. The summed E-state index contributed by atoms with van der Waals surface area (Å²) in [6.07, 6.45) is 3.18. The van der Waals surface area contributed by atoms with Crippen molar-refractivity contribution in [2.24, 2.45) is 12.5 Å². The molecule has 2 aromatic rings. The molecule has 0 atom stereocenters. The van der Waals surface area contributed by atoms with E-state index >= 15 is 0 Å². The summed E-state index contributed by atoms with van der Waals surface area (Å²) in [7, 11) is 1.60. The summed E-state index contributed by atoms with van der Waals surface area (Å²) in [6, 6.07) is 3.59. The molecule has 8 heteroatoms. The minimum atomic E-state index is -0.599. The molecule has 3 rings (SSSR count). The molecule has 0 saturated heterocycles. The van der Waals surface area contributed by atoms with Crippen LogP contribution in [0.5, 0.6) is 0 Å². The van der Waals surface area contributed by atoms with Gasteiger partial charge in [0.2, 0.25) is 5.82 Å². The van der Waals surface area contributed by atoms with Gasteiger partial charge in [0.25, 0.3) is 5.91 Å². The molecule has 1 aromatic heterocycles. The Morgan fingerprint density at radius 2 is 2.16 bits per heavy atom. The standard InChI is InChI=1S/C17H20F2N4O2/c1-23-14(9-24)21-15(22-23)16(25)20-10-17(5-2-6-17)8-11-3-4-12(18)7-13(11)19/h3-4,7,24H,2,5-6,8-10H2,1H3,(H,20,25). The van der Waals surface area contributed by atoms with E-state index in [1.165, 1.54) is 16.8 Å². The number of carbonyl (C=O) groups excluding carboxylic acids is 1. The van der Waals surface area contributed by atoms with Gasteiger partial charge in [-0.15, -0.1) is 5.10 Å². The van der Waals surface area contributed by atoms with E-state index < -0.39 is 17.5 Å². The molecule has 2 N–H and O–H groups in total. The molecule has 1 amide bonds. The Hall–Kier alpha value is -2.35. The highest BCUT2D eigenvalue weighted by Crippen LogP contribution is 2.43. The highest BCUT2D eigenvalue weighted by atomic mass is 19.1. The van der Waals surface area contributed by atoms with Gasteiger partial charge in [0.1, 0.15) is 18.2 Å². The first-order valence-corrected chi connectivity index (χ1v) is 8.15. The van der Waals surface area contributed by atoms with Crippen LogP contribution >= 0.6 is 0 Å². The minimum Gasteiger partial charge on any atom is -0.388 e. The highest BCUT2D eigenvalue weighted by Gasteiger charge is 2.38. The minimum absolute atomic E-state index is 0.00557. The van der Waals surface area contributed by atoms with Crippen LogP contribution in [0.2, 0.25) is 0 Å². The number of aliphatic hydroxyl groups is 1. The number of aryl methyl sites for hydroxylation is 1. The Morgan fingerprint density at radius 3 is 2.72 bits per heavy atom. The fraction of sp³-hybridized carbons (Fsp3) is 0.471. The molecule has 0 bridgehead atoms. The lowest BCUT2D eigenvalue weighted by molar-refractivity contribution is 0.0848. The van der Waals surface area contributed by atoms with Crippen molar-refractivity contribution in [3.8, 4) is 0 Å². The molecule has 134 valence electrons. The van der Waals surface area contributed by atoms with Gasteiger partial charge in [0.05, 0.1) is 0 Å². The Labute approximate surface area is 143 Å². The molecule has 0 unspecified atom stereocenters. The molecular formula is C17H20F2N4O2. The van der Waals surface area contributed by atoms with Crippen LogP contribution in [-0.2, 0) is 20.1 Å². The normalized spacial score (nSPS) is 15.7. The predicted molar refractivity (Wildman–Crippen MR) is 85.6 cm³/mol. The number of hydrogen-bond donors (Lipinski definition) is 2. The third kappa shape index (κ3) is 3.68. The van der Waals surface area contributed by atoms with Crippen LogP contribution in [0.1, 0.15) is 41.3 Å². The molecule has 0 spiro atoms. The monoisotopic (exact) mass is 350 g/mol. The number of nitrogens with zero attached hydrogens (tertiary/aromatic N) is 3. The quantitative estimate of drug-likeness (QED) is 0.831. The number of benzene rings is 1. The van der Waals surface area contributed by atoms with E-state index in [0.29, 0.717) is 24.4 Å². The third-order valence-electron chi connectivity index (χ3n) is 4.82. The average molecular weight is 350 g/mol. The summed E-state index contributed by atoms with van der Waals surface area (Å²) in [5.41, 5.74) is 0.219. The van der Waals surface area contributed by atoms with Crippen LogP contribution in [0.15, 0.2) is 18.2 Å². The first kappa shape index (κ1) is 17.5. The number of hydrogen-bond acceptors (Lipinski definition) is 4. The fourth-order valence-corrected chi connectivity index (χ4v) is 3.16. The summed E-state index contributed by atoms with van der Waals surface area (Å²) in [4.78, 5) is 16.2. The van der Waals surface area contributed by atoms with Crippen molar-refractivity contribution in [2.75, 3.05) is 6.54 Å². The van der Waals surface area contributed by atoms with E-state index in [0.717, 1.165) is 25.3 Å². The van der Waals surface area contributed by atoms with Crippen LogP contribution in [0, 0.1) is 17.0 Å². The Balaban J connectivity index is 1.66. The van der Waals surface area contributed by atoms with Crippen molar-refractivity contribution in [1.82, 2.24) is 20.1 Å². The zero-order valence-electron chi connectivity index (χ0n) is 13.9. The molecule has 1 saturated carbocycles. The number of nitrogens with one attached hydrogen (secondary N) is 1. The summed E-state index contributed by atoms with van der Waals surface area (Å²) in [6.45, 7) is 0.0694. The maximum Gasteiger partial charge on any atom is 0.290 e. The van der Waals surface area contributed by atoms with E-state index in [1.54, 1.807) is 7.05 Å². The van der Waals surface area contributed by atoms with Crippen molar-refractivity contribution in [1.29, 1.82) is 0 Å². The maximum atomic E-state index is 13.9.